The second-order valence-electron chi connectivity index (χ2n) is 14.9. The molecule has 0 aliphatic heterocycles. The maximum atomic E-state index is 2.46. The molecule has 268 valence electrons. The molecule has 0 fully saturated rings. The minimum absolute atomic E-state index is 0.851. The molecular formula is C55H38N2. The van der Waals surface area contributed by atoms with E-state index in [9.17, 15) is 0 Å². The van der Waals surface area contributed by atoms with E-state index in [0.717, 1.165) is 23.5 Å². The van der Waals surface area contributed by atoms with Crippen LogP contribution >= 0.6 is 0 Å². The summed E-state index contributed by atoms with van der Waals surface area (Å²) in [6.07, 6.45) is 7.76. The fraction of sp³-hybridized carbons (Fsp3) is 0.0182. The van der Waals surface area contributed by atoms with E-state index in [-0.39, 0.29) is 0 Å². The topological polar surface area (TPSA) is 8.17 Å². The molecule has 0 atom stereocenters. The largest absolute Gasteiger partial charge is 0.313 e. The molecule has 0 amide bonds. The third-order valence-corrected chi connectivity index (χ3v) is 11.6. The van der Waals surface area contributed by atoms with Gasteiger partial charge < -0.3 is 9.47 Å². The fourth-order valence-electron chi connectivity index (χ4n) is 8.88. The molecule has 0 saturated carbocycles. The monoisotopic (exact) mass is 726 g/mol. The van der Waals surface area contributed by atoms with Gasteiger partial charge in [0.1, 0.15) is 0 Å². The van der Waals surface area contributed by atoms with Crippen LogP contribution in [0.1, 0.15) is 6.42 Å². The Kier molecular flexibility index (Phi) is 7.93. The van der Waals surface area contributed by atoms with Crippen LogP contribution in [0.25, 0.3) is 83.5 Å². The van der Waals surface area contributed by atoms with Crippen LogP contribution in [0.15, 0.2) is 206 Å². The summed E-state index contributed by atoms with van der Waals surface area (Å²) < 4.78 is 2.46. The molecule has 1 heterocycles. The molecule has 1 aromatic heterocycles. The highest BCUT2D eigenvalue weighted by atomic mass is 15.1. The average Bonchev–Trinajstić information content (AvgIpc) is 3.47. The van der Waals surface area contributed by atoms with Gasteiger partial charge in [0.25, 0.3) is 0 Å². The number of benzene rings is 9. The molecule has 1 aliphatic carbocycles. The maximum Gasteiger partial charge on any atom is 0.0544 e. The zero-order chi connectivity index (χ0) is 37.7. The summed E-state index contributed by atoms with van der Waals surface area (Å²) in [6.45, 7) is 0. The SMILES string of the molecule is C1=C(n2c3ccccc3c3c(-c4cccc(N(c5ccccc5)c5ccc(-c6ccc7c(ccc8ccccc87)c6)cc5)c4)cccc32)CC=c2ccccc2=C1. The Morgan fingerprint density at radius 3 is 1.95 bits per heavy atom. The first-order chi connectivity index (χ1) is 28.3. The number of anilines is 3. The highest BCUT2D eigenvalue weighted by Crippen LogP contribution is 2.42. The van der Waals surface area contributed by atoms with E-state index in [1.165, 1.54) is 81.7 Å². The van der Waals surface area contributed by atoms with Crippen molar-refractivity contribution in [3.05, 3.63) is 217 Å². The first kappa shape index (κ1) is 33.0. The van der Waals surface area contributed by atoms with Crippen molar-refractivity contribution in [2.24, 2.45) is 0 Å². The van der Waals surface area contributed by atoms with Gasteiger partial charge in [0.15, 0.2) is 0 Å². The van der Waals surface area contributed by atoms with Crippen LogP contribution in [-0.4, -0.2) is 4.57 Å². The average molecular weight is 727 g/mol. The van der Waals surface area contributed by atoms with Gasteiger partial charge in [-0.3, -0.25) is 0 Å². The Balaban J connectivity index is 1.00. The van der Waals surface area contributed by atoms with Crippen LogP contribution in [-0.2, 0) is 0 Å². The maximum absolute atomic E-state index is 2.46. The van der Waals surface area contributed by atoms with Crippen LogP contribution in [0.2, 0.25) is 0 Å². The lowest BCUT2D eigenvalue weighted by Crippen LogP contribution is -2.22. The minimum Gasteiger partial charge on any atom is -0.313 e. The standard InChI is InChI=1S/C55H38N2/c1-2-16-45(17-3-1)56(46-31-28-40(29-32-46)42-30-35-50-44(36-42)25-24-41-14-6-7-19-49(41)50)48-18-10-15-43(37-48)51-21-11-23-54-55(51)52-20-8-9-22-53(52)57(54)47-33-26-38-12-4-5-13-39(38)27-34-47/h1-33,35-37H,34H2. The summed E-state index contributed by atoms with van der Waals surface area (Å²) in [7, 11) is 0. The second kappa shape index (κ2) is 13.7. The highest BCUT2D eigenvalue weighted by molar-refractivity contribution is 6.16. The lowest BCUT2D eigenvalue weighted by atomic mass is 9.97. The van der Waals surface area contributed by atoms with Gasteiger partial charge in [-0.2, -0.15) is 0 Å². The predicted octanol–water partition coefficient (Wildman–Crippen LogP) is 13.4. The van der Waals surface area contributed by atoms with Gasteiger partial charge in [-0.05, 0) is 115 Å². The number of para-hydroxylation sites is 2. The van der Waals surface area contributed by atoms with Crippen LogP contribution in [0.3, 0.4) is 0 Å². The van der Waals surface area contributed by atoms with Crippen molar-refractivity contribution in [1.82, 2.24) is 4.57 Å². The number of hydrogen-bond donors (Lipinski definition) is 0. The summed E-state index contributed by atoms with van der Waals surface area (Å²) in [6, 6.07) is 72.9. The van der Waals surface area contributed by atoms with Crippen molar-refractivity contribution in [3.63, 3.8) is 0 Å². The van der Waals surface area contributed by atoms with Crippen molar-refractivity contribution in [1.29, 1.82) is 0 Å². The van der Waals surface area contributed by atoms with Gasteiger partial charge in [0, 0.05) is 40.0 Å². The summed E-state index contributed by atoms with van der Waals surface area (Å²) in [5.74, 6) is 0. The lowest BCUT2D eigenvalue weighted by Gasteiger charge is -2.26. The van der Waals surface area contributed by atoms with Gasteiger partial charge in [-0.25, -0.2) is 0 Å². The number of nitrogens with zero attached hydrogens (tertiary/aromatic N) is 2. The molecule has 2 heteroatoms. The summed E-state index contributed by atoms with van der Waals surface area (Å²) in [5, 5.41) is 10.2. The number of allylic oxidation sites excluding steroid dienone is 2. The van der Waals surface area contributed by atoms with Crippen molar-refractivity contribution in [2.45, 2.75) is 6.42 Å². The van der Waals surface area contributed by atoms with Gasteiger partial charge in [-0.1, -0.05) is 158 Å². The predicted molar refractivity (Wildman–Crippen MR) is 244 cm³/mol. The third-order valence-electron chi connectivity index (χ3n) is 11.6. The van der Waals surface area contributed by atoms with E-state index in [4.69, 9.17) is 0 Å². The molecule has 0 unspecified atom stereocenters. The number of aromatic nitrogens is 1. The Bertz CT molecular complexity index is 3310. The molecule has 0 N–H and O–H groups in total. The Morgan fingerprint density at radius 1 is 0.386 bits per heavy atom. The molecule has 11 rings (SSSR count). The van der Waals surface area contributed by atoms with E-state index >= 15 is 0 Å². The zero-order valence-corrected chi connectivity index (χ0v) is 31.4. The first-order valence-electron chi connectivity index (χ1n) is 19.7. The molecule has 2 nitrogen and oxygen atoms in total. The van der Waals surface area contributed by atoms with Gasteiger partial charge in [0.05, 0.1) is 11.0 Å². The Labute approximate surface area is 331 Å². The quantitative estimate of drug-likeness (QED) is 0.155. The Morgan fingerprint density at radius 2 is 1.05 bits per heavy atom. The second-order valence-corrected chi connectivity index (χ2v) is 14.9. The summed E-state index contributed by atoms with van der Waals surface area (Å²) in [5.41, 5.74) is 11.9. The smallest absolute Gasteiger partial charge is 0.0544 e. The van der Waals surface area contributed by atoms with Crippen molar-refractivity contribution in [2.75, 3.05) is 4.90 Å². The van der Waals surface area contributed by atoms with Crippen LogP contribution in [0.4, 0.5) is 17.1 Å². The van der Waals surface area contributed by atoms with E-state index in [2.05, 4.69) is 228 Å². The van der Waals surface area contributed by atoms with Crippen molar-refractivity contribution < 1.29 is 0 Å². The molecule has 9 aromatic carbocycles. The van der Waals surface area contributed by atoms with E-state index in [1.54, 1.807) is 0 Å². The summed E-state index contributed by atoms with van der Waals surface area (Å²) in [4.78, 5) is 2.36. The minimum atomic E-state index is 0.851. The van der Waals surface area contributed by atoms with E-state index in [0.29, 0.717) is 0 Å². The molecule has 57 heavy (non-hydrogen) atoms. The van der Waals surface area contributed by atoms with Gasteiger partial charge >= 0.3 is 0 Å². The van der Waals surface area contributed by atoms with Crippen LogP contribution < -0.4 is 15.3 Å². The first-order valence-corrected chi connectivity index (χ1v) is 19.7. The number of fused-ring (bicyclic) bond motifs is 7. The number of hydrogen-bond acceptors (Lipinski definition) is 1. The van der Waals surface area contributed by atoms with Gasteiger partial charge in [-0.15, -0.1) is 0 Å². The van der Waals surface area contributed by atoms with E-state index in [1.807, 2.05) is 0 Å². The molecule has 0 saturated heterocycles. The summed E-state index contributed by atoms with van der Waals surface area (Å²) >= 11 is 0. The van der Waals surface area contributed by atoms with Gasteiger partial charge in [0.2, 0.25) is 0 Å². The molecule has 0 radical (unpaired) electrons. The molecule has 0 spiro atoms. The lowest BCUT2D eigenvalue weighted by molar-refractivity contribution is 1.16. The molecule has 1 aliphatic rings. The van der Waals surface area contributed by atoms with Crippen molar-refractivity contribution >= 4 is 78.3 Å². The van der Waals surface area contributed by atoms with Crippen molar-refractivity contribution in [3.8, 4) is 22.3 Å². The highest BCUT2D eigenvalue weighted by Gasteiger charge is 2.19. The fourth-order valence-corrected chi connectivity index (χ4v) is 8.88. The normalized spacial score (nSPS) is 12.5. The number of rotatable bonds is 6. The zero-order valence-electron chi connectivity index (χ0n) is 31.4. The molecule has 10 aromatic rings. The molecular weight excluding hydrogens is 689 g/mol. The van der Waals surface area contributed by atoms with Crippen LogP contribution in [0, 0.1) is 0 Å². The molecule has 0 bridgehead atoms. The van der Waals surface area contributed by atoms with Crippen LogP contribution in [0.5, 0.6) is 0 Å². The third kappa shape index (κ3) is 5.73. The van der Waals surface area contributed by atoms with E-state index < -0.39 is 0 Å². The Hall–Kier alpha value is -7.42.